The van der Waals surface area contributed by atoms with Crippen molar-refractivity contribution >= 4 is 17.6 Å². The van der Waals surface area contributed by atoms with Crippen LogP contribution in [0.3, 0.4) is 0 Å². The van der Waals surface area contributed by atoms with Crippen LogP contribution in [0.5, 0.6) is 0 Å². The lowest BCUT2D eigenvalue weighted by Gasteiger charge is -2.30. The van der Waals surface area contributed by atoms with E-state index in [0.717, 1.165) is 23.4 Å². The van der Waals surface area contributed by atoms with Gasteiger partial charge < -0.3 is 15.5 Å². The first kappa shape index (κ1) is 21.9. The van der Waals surface area contributed by atoms with Gasteiger partial charge in [0.2, 0.25) is 5.91 Å². The summed E-state index contributed by atoms with van der Waals surface area (Å²) in [6.45, 7) is 7.34. The molecule has 1 aliphatic carbocycles. The third-order valence-electron chi connectivity index (χ3n) is 5.41. The molecule has 0 saturated heterocycles. The molecular weight excluding hydrogens is 374 g/mol. The summed E-state index contributed by atoms with van der Waals surface area (Å²) >= 11 is 0. The normalized spacial score (nSPS) is 14.3. The summed E-state index contributed by atoms with van der Waals surface area (Å²) in [5, 5.41) is 6.01. The molecule has 0 spiro atoms. The molecule has 1 aliphatic rings. The summed E-state index contributed by atoms with van der Waals surface area (Å²) in [4.78, 5) is 27.0. The summed E-state index contributed by atoms with van der Waals surface area (Å²) in [5.74, 6) is 0.941. The van der Waals surface area contributed by atoms with Gasteiger partial charge in [0.1, 0.15) is 0 Å². The Morgan fingerprint density at radius 1 is 1.03 bits per heavy atom. The minimum absolute atomic E-state index is 0.0125. The number of hydrogen-bond donors (Lipinski definition) is 2. The first-order valence-electron chi connectivity index (χ1n) is 10.9. The molecule has 160 valence electrons. The summed E-state index contributed by atoms with van der Waals surface area (Å²) in [7, 11) is 0. The molecule has 5 nitrogen and oxygen atoms in total. The van der Waals surface area contributed by atoms with E-state index in [4.69, 9.17) is 0 Å². The van der Waals surface area contributed by atoms with Gasteiger partial charge in [0, 0.05) is 25.2 Å². The molecule has 3 rings (SSSR count). The highest BCUT2D eigenvalue weighted by atomic mass is 16.2. The zero-order valence-electron chi connectivity index (χ0n) is 18.2. The lowest BCUT2D eigenvalue weighted by atomic mass is 10.1. The van der Waals surface area contributed by atoms with E-state index in [9.17, 15) is 9.59 Å². The molecule has 1 atom stereocenters. The monoisotopic (exact) mass is 407 g/mol. The van der Waals surface area contributed by atoms with Crippen molar-refractivity contribution in [3.05, 3.63) is 65.7 Å². The highest BCUT2D eigenvalue weighted by Crippen LogP contribution is 2.32. The van der Waals surface area contributed by atoms with E-state index in [-0.39, 0.29) is 18.0 Å². The molecule has 2 N–H and O–H groups in total. The van der Waals surface area contributed by atoms with Gasteiger partial charge in [0.05, 0.1) is 6.04 Å². The Labute approximate surface area is 179 Å². The van der Waals surface area contributed by atoms with Crippen LogP contribution < -0.4 is 10.6 Å². The quantitative estimate of drug-likeness (QED) is 0.588. The number of carbonyl (C=O) groups is 2. The molecule has 3 amide bonds. The molecule has 0 aliphatic heterocycles. The Morgan fingerprint density at radius 2 is 1.77 bits per heavy atom. The summed E-state index contributed by atoms with van der Waals surface area (Å²) < 4.78 is 0. The Balaban J connectivity index is 1.61. The third kappa shape index (κ3) is 6.61. The number of carbonyl (C=O) groups excluding carboxylic acids is 2. The average Bonchev–Trinajstić information content (AvgIpc) is 3.54. The number of urea groups is 1. The van der Waals surface area contributed by atoms with Crippen LogP contribution in [0.4, 0.5) is 10.5 Å². The molecule has 5 heteroatoms. The second kappa shape index (κ2) is 10.3. The van der Waals surface area contributed by atoms with Crippen LogP contribution in [0.1, 0.15) is 57.2 Å². The van der Waals surface area contributed by atoms with Gasteiger partial charge in [0.15, 0.2) is 0 Å². The second-order valence-electron chi connectivity index (χ2n) is 8.69. The maximum atomic E-state index is 13.0. The van der Waals surface area contributed by atoms with Crippen LogP contribution in [0.15, 0.2) is 54.6 Å². The number of nitrogens with one attached hydrogen (secondary N) is 2. The van der Waals surface area contributed by atoms with E-state index >= 15 is 0 Å². The maximum absolute atomic E-state index is 13.0. The fraction of sp³-hybridized carbons (Fsp3) is 0.440. The van der Waals surface area contributed by atoms with E-state index in [0.29, 0.717) is 24.8 Å². The standard InChI is InChI=1S/C25H33N3O2/c1-18(2)14-24(29)27-23-11-7-8-21(15-23)16-26-25(30)28(17-20-12-13-20)19(3)22-9-5-4-6-10-22/h4-11,15,18-20H,12-14,16-17H2,1-3H3,(H,26,30)(H,27,29). The van der Waals surface area contributed by atoms with Crippen LogP contribution in [-0.4, -0.2) is 23.4 Å². The first-order chi connectivity index (χ1) is 14.4. The van der Waals surface area contributed by atoms with Crippen molar-refractivity contribution in [2.45, 2.75) is 52.6 Å². The second-order valence-corrected chi connectivity index (χ2v) is 8.69. The van der Waals surface area contributed by atoms with Crippen molar-refractivity contribution in [3.63, 3.8) is 0 Å². The topological polar surface area (TPSA) is 61.4 Å². The minimum Gasteiger partial charge on any atom is -0.334 e. The number of anilines is 1. The number of hydrogen-bond acceptors (Lipinski definition) is 2. The number of benzene rings is 2. The van der Waals surface area contributed by atoms with E-state index in [1.54, 1.807) is 0 Å². The molecule has 0 radical (unpaired) electrons. The SMILES string of the molecule is CC(C)CC(=O)Nc1cccc(CNC(=O)N(CC2CC2)C(C)c2ccccc2)c1. The summed E-state index contributed by atoms with van der Waals surface area (Å²) in [6, 6.07) is 17.8. The van der Waals surface area contributed by atoms with Gasteiger partial charge in [-0.05, 0) is 54.9 Å². The van der Waals surface area contributed by atoms with Crippen molar-refractivity contribution in [1.29, 1.82) is 0 Å². The molecule has 0 aromatic heterocycles. The van der Waals surface area contributed by atoms with Gasteiger partial charge in [-0.2, -0.15) is 0 Å². The Kier molecular flexibility index (Phi) is 7.50. The first-order valence-corrected chi connectivity index (χ1v) is 10.9. The van der Waals surface area contributed by atoms with Crippen molar-refractivity contribution in [2.24, 2.45) is 11.8 Å². The fourth-order valence-electron chi connectivity index (χ4n) is 3.53. The lowest BCUT2D eigenvalue weighted by molar-refractivity contribution is -0.116. The Hall–Kier alpha value is -2.82. The van der Waals surface area contributed by atoms with Crippen molar-refractivity contribution in [1.82, 2.24) is 10.2 Å². The highest BCUT2D eigenvalue weighted by molar-refractivity contribution is 5.90. The smallest absolute Gasteiger partial charge is 0.318 e. The minimum atomic E-state index is -0.0486. The van der Waals surface area contributed by atoms with Gasteiger partial charge in [-0.3, -0.25) is 4.79 Å². The lowest BCUT2D eigenvalue weighted by Crippen LogP contribution is -2.42. The molecule has 2 aromatic rings. The zero-order valence-corrected chi connectivity index (χ0v) is 18.2. The largest absolute Gasteiger partial charge is 0.334 e. The highest BCUT2D eigenvalue weighted by Gasteiger charge is 2.30. The van der Waals surface area contributed by atoms with Gasteiger partial charge in [-0.15, -0.1) is 0 Å². The Morgan fingerprint density at radius 3 is 2.43 bits per heavy atom. The zero-order chi connectivity index (χ0) is 21.5. The van der Waals surface area contributed by atoms with Crippen LogP contribution in [-0.2, 0) is 11.3 Å². The van der Waals surface area contributed by atoms with E-state index < -0.39 is 0 Å². The van der Waals surface area contributed by atoms with Crippen LogP contribution >= 0.6 is 0 Å². The van der Waals surface area contributed by atoms with Gasteiger partial charge in [-0.1, -0.05) is 56.3 Å². The van der Waals surface area contributed by atoms with E-state index in [1.165, 1.54) is 12.8 Å². The summed E-state index contributed by atoms with van der Waals surface area (Å²) in [6.07, 6.45) is 2.89. The van der Waals surface area contributed by atoms with Crippen molar-refractivity contribution < 1.29 is 9.59 Å². The number of amides is 3. The van der Waals surface area contributed by atoms with Gasteiger partial charge in [-0.25, -0.2) is 4.79 Å². The fourth-order valence-corrected chi connectivity index (χ4v) is 3.53. The molecule has 0 bridgehead atoms. The molecular formula is C25H33N3O2. The van der Waals surface area contributed by atoms with Crippen molar-refractivity contribution in [2.75, 3.05) is 11.9 Å². The molecule has 1 fully saturated rings. The van der Waals surface area contributed by atoms with E-state index in [1.807, 2.05) is 61.2 Å². The molecule has 2 aromatic carbocycles. The number of rotatable bonds is 9. The Bertz CT molecular complexity index is 846. The van der Waals surface area contributed by atoms with E-state index in [2.05, 4.69) is 29.7 Å². The predicted octanol–water partition coefficient (Wildman–Crippen LogP) is 5.35. The summed E-state index contributed by atoms with van der Waals surface area (Å²) in [5.41, 5.74) is 2.87. The van der Waals surface area contributed by atoms with Gasteiger partial charge >= 0.3 is 6.03 Å². The molecule has 1 saturated carbocycles. The molecule has 1 unspecified atom stereocenters. The molecule has 30 heavy (non-hydrogen) atoms. The van der Waals surface area contributed by atoms with Gasteiger partial charge in [0.25, 0.3) is 0 Å². The van der Waals surface area contributed by atoms with Crippen LogP contribution in [0, 0.1) is 11.8 Å². The molecule has 0 heterocycles. The van der Waals surface area contributed by atoms with Crippen LogP contribution in [0.2, 0.25) is 0 Å². The van der Waals surface area contributed by atoms with Crippen LogP contribution in [0.25, 0.3) is 0 Å². The third-order valence-corrected chi connectivity index (χ3v) is 5.41. The van der Waals surface area contributed by atoms with Crippen molar-refractivity contribution in [3.8, 4) is 0 Å². The average molecular weight is 408 g/mol. The number of nitrogens with zero attached hydrogens (tertiary/aromatic N) is 1. The maximum Gasteiger partial charge on any atom is 0.318 e. The predicted molar refractivity (Wildman–Crippen MR) is 121 cm³/mol.